The van der Waals surface area contributed by atoms with Gasteiger partial charge in [-0.15, -0.1) is 0 Å². The van der Waals surface area contributed by atoms with Crippen LogP contribution in [0, 0.1) is 0 Å². The first kappa shape index (κ1) is 19.6. The molecule has 1 saturated heterocycles. The quantitative estimate of drug-likeness (QED) is 0.744. The van der Waals surface area contributed by atoms with Crippen LogP contribution in [0.25, 0.3) is 0 Å². The Morgan fingerprint density at radius 1 is 1.24 bits per heavy atom. The lowest BCUT2D eigenvalue weighted by Crippen LogP contribution is -2.56. The van der Waals surface area contributed by atoms with Crippen LogP contribution in [-0.4, -0.2) is 60.2 Å². The number of hydrogen-bond donors (Lipinski definition) is 0. The van der Waals surface area contributed by atoms with E-state index in [4.69, 9.17) is 9.47 Å². The number of piperazine rings is 1. The molecule has 1 fully saturated rings. The average molecular weight is 413 g/mol. The van der Waals surface area contributed by atoms with Crippen LogP contribution >= 0.6 is 15.9 Å². The molecule has 0 aromatic heterocycles. The summed E-state index contributed by atoms with van der Waals surface area (Å²) < 4.78 is 11.5. The lowest BCUT2D eigenvalue weighted by molar-refractivity contribution is 0.00198. The summed E-state index contributed by atoms with van der Waals surface area (Å²) in [6.07, 6.45) is -0.336. The minimum atomic E-state index is -0.530. The van der Waals surface area contributed by atoms with Gasteiger partial charge in [-0.05, 0) is 61.8 Å². The molecule has 25 heavy (non-hydrogen) atoms. The van der Waals surface area contributed by atoms with E-state index in [1.807, 2.05) is 27.7 Å². The number of nitrogens with zero attached hydrogens (tertiary/aromatic N) is 2. The van der Waals surface area contributed by atoms with E-state index in [0.29, 0.717) is 30.9 Å². The van der Waals surface area contributed by atoms with E-state index in [1.165, 1.54) is 0 Å². The minimum Gasteiger partial charge on any atom is -0.496 e. The summed E-state index contributed by atoms with van der Waals surface area (Å²) in [5.74, 6) is 0.549. The van der Waals surface area contributed by atoms with Crippen molar-refractivity contribution in [2.24, 2.45) is 0 Å². The van der Waals surface area contributed by atoms with Gasteiger partial charge in [0.1, 0.15) is 11.4 Å². The third-order valence-corrected chi connectivity index (χ3v) is 4.60. The zero-order chi connectivity index (χ0) is 18.8. The lowest BCUT2D eigenvalue weighted by Gasteiger charge is -2.40. The van der Waals surface area contributed by atoms with Gasteiger partial charge in [0.05, 0.1) is 11.6 Å². The highest BCUT2D eigenvalue weighted by molar-refractivity contribution is 9.10. The van der Waals surface area contributed by atoms with Crippen LogP contribution in [0.5, 0.6) is 5.75 Å². The predicted octanol–water partition coefficient (Wildman–Crippen LogP) is 3.54. The summed E-state index contributed by atoms with van der Waals surface area (Å²) in [5.41, 5.74) is 0.0375. The topological polar surface area (TPSA) is 59.1 Å². The Balaban J connectivity index is 2.05. The van der Waals surface area contributed by atoms with Crippen molar-refractivity contribution in [3.8, 4) is 5.75 Å². The number of carbonyl (C=O) groups is 2. The van der Waals surface area contributed by atoms with Gasteiger partial charge < -0.3 is 19.3 Å². The van der Waals surface area contributed by atoms with Crippen LogP contribution in [0.4, 0.5) is 4.79 Å². The van der Waals surface area contributed by atoms with E-state index in [9.17, 15) is 9.59 Å². The number of methoxy groups -OCH3 is 1. The molecule has 0 spiro atoms. The third-order valence-electron chi connectivity index (χ3n) is 3.94. The molecule has 6 nitrogen and oxygen atoms in total. The molecule has 1 aromatic carbocycles. The summed E-state index contributed by atoms with van der Waals surface area (Å²) in [7, 11) is 1.57. The normalized spacial score (nSPS) is 18.1. The molecule has 0 radical (unpaired) electrons. The summed E-state index contributed by atoms with van der Waals surface area (Å²) in [6, 6.07) is 5.17. The zero-order valence-corrected chi connectivity index (χ0v) is 16.9. The number of rotatable bonds is 2. The maximum absolute atomic E-state index is 12.8. The van der Waals surface area contributed by atoms with Gasteiger partial charge in [0.25, 0.3) is 5.91 Å². The second kappa shape index (κ2) is 7.64. The van der Waals surface area contributed by atoms with Gasteiger partial charge in [-0.1, -0.05) is 0 Å². The summed E-state index contributed by atoms with van der Waals surface area (Å²) in [6.45, 7) is 8.85. The number of benzene rings is 1. The molecule has 1 aliphatic rings. The van der Waals surface area contributed by atoms with Crippen molar-refractivity contribution in [2.45, 2.75) is 39.3 Å². The second-order valence-corrected chi connectivity index (χ2v) is 7.98. The van der Waals surface area contributed by atoms with Crippen LogP contribution in [0.15, 0.2) is 22.7 Å². The molecular formula is C18H25BrN2O4. The van der Waals surface area contributed by atoms with E-state index < -0.39 is 5.60 Å². The molecule has 1 heterocycles. The molecule has 2 rings (SSSR count). The van der Waals surface area contributed by atoms with Crippen molar-refractivity contribution < 1.29 is 19.1 Å². The molecule has 0 aliphatic carbocycles. The molecular weight excluding hydrogens is 388 g/mol. The fraction of sp³-hybridized carbons (Fsp3) is 0.556. The van der Waals surface area contributed by atoms with Crippen molar-refractivity contribution in [3.63, 3.8) is 0 Å². The van der Waals surface area contributed by atoms with E-state index in [0.717, 1.165) is 4.47 Å². The fourth-order valence-electron chi connectivity index (χ4n) is 2.71. The van der Waals surface area contributed by atoms with Crippen molar-refractivity contribution >= 4 is 27.9 Å². The largest absolute Gasteiger partial charge is 0.496 e. The van der Waals surface area contributed by atoms with Gasteiger partial charge >= 0.3 is 6.09 Å². The Labute approximate surface area is 157 Å². The Hall–Kier alpha value is -1.76. The standard InChI is InChI=1S/C18H25BrN2O4/c1-12-11-20(8-9-21(12)17(23)25-18(2,3)4)16(22)13-6-7-14(19)15(10-13)24-5/h6-7,10,12H,8-9,11H2,1-5H3/t12-/m1/s1. The summed E-state index contributed by atoms with van der Waals surface area (Å²) in [4.78, 5) is 28.5. The van der Waals surface area contributed by atoms with Crippen molar-refractivity contribution in [1.82, 2.24) is 9.80 Å². The second-order valence-electron chi connectivity index (χ2n) is 7.12. The molecule has 0 unspecified atom stereocenters. The van der Waals surface area contributed by atoms with Gasteiger partial charge in [0.15, 0.2) is 0 Å². The summed E-state index contributed by atoms with van der Waals surface area (Å²) >= 11 is 3.38. The first-order valence-electron chi connectivity index (χ1n) is 8.25. The lowest BCUT2D eigenvalue weighted by atomic mass is 10.1. The van der Waals surface area contributed by atoms with E-state index in [2.05, 4.69) is 15.9 Å². The maximum Gasteiger partial charge on any atom is 0.410 e. The highest BCUT2D eigenvalue weighted by Gasteiger charge is 2.32. The Kier molecular flexibility index (Phi) is 5.98. The molecule has 0 N–H and O–H groups in total. The number of hydrogen-bond acceptors (Lipinski definition) is 4. The number of halogens is 1. The molecule has 2 amide bonds. The minimum absolute atomic E-state index is 0.0681. The maximum atomic E-state index is 12.8. The highest BCUT2D eigenvalue weighted by Crippen LogP contribution is 2.26. The monoisotopic (exact) mass is 412 g/mol. The molecule has 138 valence electrons. The van der Waals surface area contributed by atoms with E-state index in [-0.39, 0.29) is 18.0 Å². The predicted molar refractivity (Wildman–Crippen MR) is 99.0 cm³/mol. The van der Waals surface area contributed by atoms with Gasteiger partial charge in [-0.3, -0.25) is 4.79 Å². The molecule has 1 aliphatic heterocycles. The van der Waals surface area contributed by atoms with E-state index in [1.54, 1.807) is 35.1 Å². The third kappa shape index (κ3) is 4.87. The van der Waals surface area contributed by atoms with Crippen LogP contribution in [0.2, 0.25) is 0 Å². The first-order valence-corrected chi connectivity index (χ1v) is 9.04. The molecule has 0 saturated carbocycles. The number of amides is 2. The SMILES string of the molecule is COc1cc(C(=O)N2CCN(C(=O)OC(C)(C)C)[C@H](C)C2)ccc1Br. The summed E-state index contributed by atoms with van der Waals surface area (Å²) in [5, 5.41) is 0. The van der Waals surface area contributed by atoms with Crippen LogP contribution in [-0.2, 0) is 4.74 Å². The molecule has 7 heteroatoms. The number of carbonyl (C=O) groups excluding carboxylic acids is 2. The van der Waals surface area contributed by atoms with Crippen molar-refractivity contribution in [2.75, 3.05) is 26.7 Å². The van der Waals surface area contributed by atoms with Gasteiger partial charge in [0.2, 0.25) is 0 Å². The van der Waals surface area contributed by atoms with E-state index >= 15 is 0 Å². The molecule has 1 atom stereocenters. The first-order chi connectivity index (χ1) is 11.6. The highest BCUT2D eigenvalue weighted by atomic mass is 79.9. The molecule has 0 bridgehead atoms. The van der Waals surface area contributed by atoms with Crippen LogP contribution in [0.3, 0.4) is 0 Å². The van der Waals surface area contributed by atoms with Crippen molar-refractivity contribution in [1.29, 1.82) is 0 Å². The van der Waals surface area contributed by atoms with Crippen molar-refractivity contribution in [3.05, 3.63) is 28.2 Å². The molecule has 1 aromatic rings. The van der Waals surface area contributed by atoms with Gasteiger partial charge in [0, 0.05) is 31.2 Å². The smallest absolute Gasteiger partial charge is 0.410 e. The Morgan fingerprint density at radius 3 is 2.48 bits per heavy atom. The van der Waals surface area contributed by atoms with Gasteiger partial charge in [-0.25, -0.2) is 4.79 Å². The fourth-order valence-corrected chi connectivity index (χ4v) is 3.12. The van der Waals surface area contributed by atoms with Crippen LogP contribution in [0.1, 0.15) is 38.1 Å². The average Bonchev–Trinajstić information content (AvgIpc) is 2.52. The van der Waals surface area contributed by atoms with Crippen LogP contribution < -0.4 is 4.74 Å². The Bertz CT molecular complexity index is 657. The zero-order valence-electron chi connectivity index (χ0n) is 15.3. The number of ether oxygens (including phenoxy) is 2. The Morgan fingerprint density at radius 2 is 1.92 bits per heavy atom. The van der Waals surface area contributed by atoms with Gasteiger partial charge in [-0.2, -0.15) is 0 Å².